The van der Waals surface area contributed by atoms with E-state index in [0.29, 0.717) is 19.8 Å². The van der Waals surface area contributed by atoms with Gasteiger partial charge in [-0.1, -0.05) is 25.2 Å². The number of likely N-dealkylation sites (tertiary alicyclic amines) is 1. The van der Waals surface area contributed by atoms with Crippen molar-refractivity contribution in [2.24, 2.45) is 5.92 Å². The molecule has 0 aromatic carbocycles. The normalized spacial score (nSPS) is 20.0. The minimum Gasteiger partial charge on any atom is -0.384 e. The van der Waals surface area contributed by atoms with Crippen molar-refractivity contribution < 1.29 is 14.6 Å². The van der Waals surface area contributed by atoms with Crippen molar-refractivity contribution in [3.63, 3.8) is 0 Å². The van der Waals surface area contributed by atoms with Crippen molar-refractivity contribution in [2.75, 3.05) is 52.7 Å². The summed E-state index contributed by atoms with van der Waals surface area (Å²) in [7, 11) is 0. The van der Waals surface area contributed by atoms with Gasteiger partial charge < -0.3 is 19.5 Å². The largest absolute Gasteiger partial charge is 0.384 e. The highest BCUT2D eigenvalue weighted by atomic mass is 16.5. The first-order valence-corrected chi connectivity index (χ1v) is 7.31. The highest BCUT2D eigenvalue weighted by Crippen LogP contribution is 2.18. The van der Waals surface area contributed by atoms with Crippen LogP contribution in [0.15, 0.2) is 0 Å². The van der Waals surface area contributed by atoms with E-state index in [1.54, 1.807) is 0 Å². The first kappa shape index (κ1) is 16.5. The molecule has 4 nitrogen and oxygen atoms in total. The van der Waals surface area contributed by atoms with E-state index in [1.165, 1.54) is 32.4 Å². The molecule has 0 aromatic heterocycles. The Balaban J connectivity index is 1.90. The summed E-state index contributed by atoms with van der Waals surface area (Å²) in [6.07, 6.45) is 4.00. The van der Waals surface area contributed by atoms with Gasteiger partial charge in [0.05, 0.1) is 19.8 Å². The molecule has 1 fully saturated rings. The van der Waals surface area contributed by atoms with Crippen molar-refractivity contribution in [1.29, 1.82) is 0 Å². The summed E-state index contributed by atoms with van der Waals surface area (Å²) in [6, 6.07) is 0. The van der Waals surface area contributed by atoms with Gasteiger partial charge in [-0.25, -0.2) is 0 Å². The third-order valence-electron chi connectivity index (χ3n) is 3.48. The van der Waals surface area contributed by atoms with Gasteiger partial charge in [-0.2, -0.15) is 0 Å². The van der Waals surface area contributed by atoms with Crippen LogP contribution in [0.2, 0.25) is 0 Å². The van der Waals surface area contributed by atoms with E-state index in [1.807, 2.05) is 0 Å². The lowest BCUT2D eigenvalue weighted by Crippen LogP contribution is -2.37. The molecule has 4 heteroatoms. The van der Waals surface area contributed by atoms with Crippen LogP contribution in [0.3, 0.4) is 0 Å². The Morgan fingerprint density at radius 2 is 2.05 bits per heavy atom. The molecule has 1 N–H and O–H groups in total. The smallest absolute Gasteiger partial charge is 0.107 e. The van der Waals surface area contributed by atoms with Gasteiger partial charge >= 0.3 is 0 Å². The summed E-state index contributed by atoms with van der Waals surface area (Å²) in [5.74, 6) is 6.12. The summed E-state index contributed by atoms with van der Waals surface area (Å²) < 4.78 is 10.8. The molecule has 0 amide bonds. The Kier molecular flexibility index (Phi) is 9.74. The lowest BCUT2D eigenvalue weighted by Gasteiger charge is -2.32. The van der Waals surface area contributed by atoms with Crippen molar-refractivity contribution in [2.45, 2.75) is 26.2 Å². The van der Waals surface area contributed by atoms with Crippen LogP contribution >= 0.6 is 0 Å². The fraction of sp³-hybridized carbons (Fsp3) is 0.867. The predicted molar refractivity (Wildman–Crippen MR) is 76.0 cm³/mol. The molecular weight excluding hydrogens is 242 g/mol. The first-order chi connectivity index (χ1) is 9.36. The number of hydrogen-bond acceptors (Lipinski definition) is 4. The van der Waals surface area contributed by atoms with E-state index in [-0.39, 0.29) is 6.61 Å². The molecule has 0 aliphatic carbocycles. The molecule has 110 valence electrons. The van der Waals surface area contributed by atoms with E-state index >= 15 is 0 Å². The minimum atomic E-state index is -0.103. The number of piperidine rings is 1. The number of aliphatic hydroxyl groups excluding tert-OH is 1. The zero-order chi connectivity index (χ0) is 13.8. The highest BCUT2D eigenvalue weighted by molar-refractivity contribution is 4.98. The van der Waals surface area contributed by atoms with Gasteiger partial charge in [0, 0.05) is 13.1 Å². The second-order valence-corrected chi connectivity index (χ2v) is 4.89. The lowest BCUT2D eigenvalue weighted by atomic mass is 9.96. The van der Waals surface area contributed by atoms with E-state index in [2.05, 4.69) is 23.7 Å². The van der Waals surface area contributed by atoms with Gasteiger partial charge in [0.15, 0.2) is 0 Å². The van der Waals surface area contributed by atoms with Gasteiger partial charge in [-0.05, 0) is 25.3 Å². The minimum absolute atomic E-state index is 0.103. The number of rotatable bonds is 8. The molecule has 1 aliphatic rings. The van der Waals surface area contributed by atoms with Crippen LogP contribution in [0.25, 0.3) is 0 Å². The summed E-state index contributed by atoms with van der Waals surface area (Å²) in [4.78, 5) is 2.51. The van der Waals surface area contributed by atoms with E-state index in [9.17, 15) is 0 Å². The Hall–Kier alpha value is -0.600. The summed E-state index contributed by atoms with van der Waals surface area (Å²) in [5.41, 5.74) is 0. The maximum absolute atomic E-state index is 8.44. The molecule has 0 spiro atoms. The molecule has 1 aliphatic heterocycles. The molecule has 1 atom stereocenters. The van der Waals surface area contributed by atoms with Crippen molar-refractivity contribution in [1.82, 2.24) is 4.90 Å². The molecule has 0 saturated carbocycles. The maximum Gasteiger partial charge on any atom is 0.107 e. The zero-order valence-corrected chi connectivity index (χ0v) is 12.1. The third kappa shape index (κ3) is 8.22. The fourth-order valence-electron chi connectivity index (χ4n) is 2.33. The second-order valence-electron chi connectivity index (χ2n) is 4.89. The zero-order valence-electron chi connectivity index (χ0n) is 12.1. The van der Waals surface area contributed by atoms with Crippen molar-refractivity contribution >= 4 is 0 Å². The molecule has 0 radical (unpaired) electrons. The van der Waals surface area contributed by atoms with Gasteiger partial charge in [-0.15, -0.1) is 0 Å². The summed E-state index contributed by atoms with van der Waals surface area (Å²) >= 11 is 0. The molecule has 1 rings (SSSR count). The monoisotopic (exact) mass is 269 g/mol. The highest BCUT2D eigenvalue weighted by Gasteiger charge is 2.17. The Morgan fingerprint density at radius 3 is 2.84 bits per heavy atom. The number of nitrogens with zero attached hydrogens (tertiary/aromatic N) is 1. The van der Waals surface area contributed by atoms with E-state index < -0.39 is 0 Å². The van der Waals surface area contributed by atoms with E-state index in [4.69, 9.17) is 14.6 Å². The second kappa shape index (κ2) is 11.2. The van der Waals surface area contributed by atoms with Crippen LogP contribution in [0.5, 0.6) is 0 Å². The van der Waals surface area contributed by atoms with Crippen LogP contribution in [0.4, 0.5) is 0 Å². The molecule has 1 saturated heterocycles. The average Bonchev–Trinajstić information content (AvgIpc) is 2.46. The maximum atomic E-state index is 8.44. The molecule has 0 bridgehead atoms. The molecule has 0 aromatic rings. The number of hydrogen-bond donors (Lipinski definition) is 1. The topological polar surface area (TPSA) is 41.9 Å². The fourth-order valence-corrected chi connectivity index (χ4v) is 2.33. The average molecular weight is 269 g/mol. The van der Waals surface area contributed by atoms with Crippen LogP contribution in [-0.2, 0) is 9.47 Å². The third-order valence-corrected chi connectivity index (χ3v) is 3.48. The molecule has 19 heavy (non-hydrogen) atoms. The lowest BCUT2D eigenvalue weighted by molar-refractivity contribution is 0.0421. The SMILES string of the molecule is CCC1CCCN(CCOCCOCC#CCO)C1. The molecule has 1 heterocycles. The summed E-state index contributed by atoms with van der Waals surface area (Å²) in [6.45, 7) is 7.98. The molecule has 1 unspecified atom stereocenters. The van der Waals surface area contributed by atoms with Gasteiger partial charge in [0.25, 0.3) is 0 Å². The van der Waals surface area contributed by atoms with Gasteiger partial charge in [0.2, 0.25) is 0 Å². The Morgan fingerprint density at radius 1 is 1.21 bits per heavy atom. The summed E-state index contributed by atoms with van der Waals surface area (Å²) in [5, 5.41) is 8.44. The Labute approximate surface area is 117 Å². The number of ether oxygens (including phenoxy) is 2. The predicted octanol–water partition coefficient (Wildman–Crippen LogP) is 1.14. The van der Waals surface area contributed by atoms with Crippen molar-refractivity contribution in [3.05, 3.63) is 0 Å². The Bertz CT molecular complexity index is 272. The van der Waals surface area contributed by atoms with Gasteiger partial charge in [-0.3, -0.25) is 0 Å². The van der Waals surface area contributed by atoms with Crippen LogP contribution in [0, 0.1) is 17.8 Å². The molecular formula is C15H27NO3. The van der Waals surface area contributed by atoms with E-state index in [0.717, 1.165) is 19.1 Å². The standard InChI is InChI=1S/C15H27NO3/c1-2-15-6-5-7-16(14-15)8-11-19-13-12-18-10-4-3-9-17/h15,17H,2,5-14H2,1H3. The van der Waals surface area contributed by atoms with Crippen LogP contribution in [0.1, 0.15) is 26.2 Å². The van der Waals surface area contributed by atoms with Crippen molar-refractivity contribution in [3.8, 4) is 11.8 Å². The quantitative estimate of drug-likeness (QED) is 0.530. The first-order valence-electron chi connectivity index (χ1n) is 7.31. The van der Waals surface area contributed by atoms with Gasteiger partial charge in [0.1, 0.15) is 13.2 Å². The van der Waals surface area contributed by atoms with Crippen LogP contribution in [-0.4, -0.2) is 62.7 Å². The number of aliphatic hydroxyl groups is 1. The van der Waals surface area contributed by atoms with Crippen LogP contribution < -0.4 is 0 Å².